The van der Waals surface area contributed by atoms with Crippen LogP contribution in [0.15, 0.2) is 48.5 Å². The quantitative estimate of drug-likeness (QED) is 0.889. The summed E-state index contributed by atoms with van der Waals surface area (Å²) >= 11 is 0. The zero-order chi connectivity index (χ0) is 15.9. The van der Waals surface area contributed by atoms with Crippen LogP contribution in [0.3, 0.4) is 0 Å². The first-order valence-corrected chi connectivity index (χ1v) is 8.10. The van der Waals surface area contributed by atoms with E-state index in [9.17, 15) is 0 Å². The number of ether oxygens (including phenoxy) is 2. The average molecular weight is 312 g/mol. The van der Waals surface area contributed by atoms with Crippen molar-refractivity contribution < 1.29 is 9.47 Å². The Morgan fingerprint density at radius 1 is 1.00 bits per heavy atom. The van der Waals surface area contributed by atoms with Crippen LogP contribution in [-0.2, 0) is 17.8 Å². The summed E-state index contributed by atoms with van der Waals surface area (Å²) in [6, 6.07) is 16.9. The minimum Gasteiger partial charge on any atom is -0.497 e. The number of morpholine rings is 1. The van der Waals surface area contributed by atoms with E-state index in [1.165, 1.54) is 16.8 Å². The Kier molecular flexibility index (Phi) is 5.51. The molecule has 4 nitrogen and oxygen atoms in total. The molecular weight excluding hydrogens is 288 g/mol. The number of methoxy groups -OCH3 is 1. The molecule has 1 aliphatic rings. The van der Waals surface area contributed by atoms with Crippen LogP contribution < -0.4 is 15.0 Å². The van der Waals surface area contributed by atoms with Gasteiger partial charge >= 0.3 is 0 Å². The molecule has 23 heavy (non-hydrogen) atoms. The molecule has 2 aromatic rings. The van der Waals surface area contributed by atoms with Gasteiger partial charge in [0.15, 0.2) is 0 Å². The number of benzene rings is 2. The van der Waals surface area contributed by atoms with Gasteiger partial charge in [-0.3, -0.25) is 0 Å². The lowest BCUT2D eigenvalue weighted by atomic mass is 10.1. The molecule has 0 radical (unpaired) electrons. The third kappa shape index (κ3) is 4.47. The Labute approximate surface area is 138 Å². The largest absolute Gasteiger partial charge is 0.497 e. The molecule has 1 fully saturated rings. The topological polar surface area (TPSA) is 33.7 Å². The molecular formula is C19H24N2O2. The van der Waals surface area contributed by atoms with Gasteiger partial charge in [-0.1, -0.05) is 24.3 Å². The van der Waals surface area contributed by atoms with E-state index in [1.807, 2.05) is 12.1 Å². The van der Waals surface area contributed by atoms with Crippen molar-refractivity contribution in [3.63, 3.8) is 0 Å². The van der Waals surface area contributed by atoms with Crippen LogP contribution in [0.1, 0.15) is 11.1 Å². The van der Waals surface area contributed by atoms with Crippen LogP contribution in [-0.4, -0.2) is 33.4 Å². The second kappa shape index (κ2) is 7.99. The maximum absolute atomic E-state index is 5.42. The standard InChI is InChI=1S/C19H24N2O2/c1-22-19-7-3-5-17(13-19)15-20-14-16-4-2-6-18(12-16)21-8-10-23-11-9-21/h2-7,12-13,20H,8-11,14-15H2,1H3. The van der Waals surface area contributed by atoms with Gasteiger partial charge in [0.2, 0.25) is 0 Å². The molecule has 2 aromatic carbocycles. The molecule has 0 aliphatic carbocycles. The van der Waals surface area contributed by atoms with Gasteiger partial charge in [0.1, 0.15) is 5.75 Å². The molecule has 0 spiro atoms. The average Bonchev–Trinajstić information content (AvgIpc) is 2.63. The van der Waals surface area contributed by atoms with Crippen LogP contribution in [0, 0.1) is 0 Å². The van der Waals surface area contributed by atoms with E-state index in [0.29, 0.717) is 0 Å². The summed E-state index contributed by atoms with van der Waals surface area (Å²) in [6.07, 6.45) is 0. The van der Waals surface area contributed by atoms with E-state index in [1.54, 1.807) is 7.11 Å². The number of rotatable bonds is 6. The third-order valence-corrected chi connectivity index (χ3v) is 4.08. The summed E-state index contributed by atoms with van der Waals surface area (Å²) in [7, 11) is 1.70. The van der Waals surface area contributed by atoms with Crippen molar-refractivity contribution in [2.45, 2.75) is 13.1 Å². The molecule has 0 atom stereocenters. The molecule has 1 aliphatic heterocycles. The number of nitrogens with zero attached hydrogens (tertiary/aromatic N) is 1. The summed E-state index contributed by atoms with van der Waals surface area (Å²) in [5.41, 5.74) is 3.82. The van der Waals surface area contributed by atoms with E-state index in [-0.39, 0.29) is 0 Å². The summed E-state index contributed by atoms with van der Waals surface area (Å²) < 4.78 is 10.7. The summed E-state index contributed by atoms with van der Waals surface area (Å²) in [5, 5.41) is 3.50. The van der Waals surface area contributed by atoms with E-state index in [4.69, 9.17) is 9.47 Å². The third-order valence-electron chi connectivity index (χ3n) is 4.08. The normalized spacial score (nSPS) is 14.7. The highest BCUT2D eigenvalue weighted by molar-refractivity contribution is 5.48. The monoisotopic (exact) mass is 312 g/mol. The number of anilines is 1. The first-order valence-electron chi connectivity index (χ1n) is 8.10. The number of hydrogen-bond acceptors (Lipinski definition) is 4. The maximum atomic E-state index is 5.42. The molecule has 1 saturated heterocycles. The number of hydrogen-bond donors (Lipinski definition) is 1. The van der Waals surface area contributed by atoms with Gasteiger partial charge in [0.25, 0.3) is 0 Å². The van der Waals surface area contributed by atoms with Crippen LogP contribution >= 0.6 is 0 Å². The van der Waals surface area contributed by atoms with Crippen molar-refractivity contribution in [3.8, 4) is 5.75 Å². The van der Waals surface area contributed by atoms with Gasteiger partial charge in [-0.25, -0.2) is 0 Å². The fourth-order valence-corrected chi connectivity index (χ4v) is 2.82. The highest BCUT2D eigenvalue weighted by Crippen LogP contribution is 2.18. The van der Waals surface area contributed by atoms with E-state index >= 15 is 0 Å². The van der Waals surface area contributed by atoms with Crippen molar-refractivity contribution in [3.05, 3.63) is 59.7 Å². The first kappa shape index (κ1) is 15.8. The van der Waals surface area contributed by atoms with Crippen LogP contribution in [0.2, 0.25) is 0 Å². The van der Waals surface area contributed by atoms with Gasteiger partial charge < -0.3 is 19.7 Å². The van der Waals surface area contributed by atoms with E-state index in [0.717, 1.165) is 45.1 Å². The molecule has 0 bridgehead atoms. The van der Waals surface area contributed by atoms with E-state index in [2.05, 4.69) is 46.6 Å². The van der Waals surface area contributed by atoms with Gasteiger partial charge in [0, 0.05) is 31.9 Å². The molecule has 0 unspecified atom stereocenters. The fraction of sp³-hybridized carbons (Fsp3) is 0.368. The van der Waals surface area contributed by atoms with Crippen molar-refractivity contribution in [1.82, 2.24) is 5.32 Å². The van der Waals surface area contributed by atoms with Crippen LogP contribution in [0.5, 0.6) is 5.75 Å². The minimum absolute atomic E-state index is 0.818. The summed E-state index contributed by atoms with van der Waals surface area (Å²) in [6.45, 7) is 5.27. The van der Waals surface area contributed by atoms with Crippen LogP contribution in [0.4, 0.5) is 5.69 Å². The maximum Gasteiger partial charge on any atom is 0.119 e. The van der Waals surface area contributed by atoms with Gasteiger partial charge in [-0.15, -0.1) is 0 Å². The van der Waals surface area contributed by atoms with Gasteiger partial charge in [-0.05, 0) is 35.4 Å². The molecule has 3 rings (SSSR count). The molecule has 0 aromatic heterocycles. The molecule has 1 N–H and O–H groups in total. The Morgan fingerprint density at radius 3 is 2.43 bits per heavy atom. The van der Waals surface area contributed by atoms with Crippen molar-refractivity contribution >= 4 is 5.69 Å². The lowest BCUT2D eigenvalue weighted by Crippen LogP contribution is -2.36. The smallest absolute Gasteiger partial charge is 0.119 e. The zero-order valence-electron chi connectivity index (χ0n) is 13.6. The van der Waals surface area contributed by atoms with Crippen molar-refractivity contribution in [2.75, 3.05) is 38.3 Å². The van der Waals surface area contributed by atoms with Crippen molar-refractivity contribution in [2.24, 2.45) is 0 Å². The second-order valence-corrected chi connectivity index (χ2v) is 5.72. The molecule has 0 saturated carbocycles. The molecule has 4 heteroatoms. The lowest BCUT2D eigenvalue weighted by molar-refractivity contribution is 0.122. The Bertz CT molecular complexity index is 624. The zero-order valence-corrected chi connectivity index (χ0v) is 13.6. The highest BCUT2D eigenvalue weighted by Gasteiger charge is 2.11. The van der Waals surface area contributed by atoms with Crippen molar-refractivity contribution in [1.29, 1.82) is 0 Å². The predicted molar refractivity (Wildman–Crippen MR) is 93.0 cm³/mol. The summed E-state index contributed by atoms with van der Waals surface area (Å²) in [4.78, 5) is 2.38. The minimum atomic E-state index is 0.818. The molecule has 122 valence electrons. The van der Waals surface area contributed by atoms with Gasteiger partial charge in [-0.2, -0.15) is 0 Å². The predicted octanol–water partition coefficient (Wildman–Crippen LogP) is 2.82. The lowest BCUT2D eigenvalue weighted by Gasteiger charge is -2.29. The van der Waals surface area contributed by atoms with Crippen LogP contribution in [0.25, 0.3) is 0 Å². The fourth-order valence-electron chi connectivity index (χ4n) is 2.82. The van der Waals surface area contributed by atoms with Gasteiger partial charge in [0.05, 0.1) is 20.3 Å². The summed E-state index contributed by atoms with van der Waals surface area (Å²) in [5.74, 6) is 0.901. The Balaban J connectivity index is 1.55. The Hall–Kier alpha value is -2.04. The SMILES string of the molecule is COc1cccc(CNCc2cccc(N3CCOCC3)c2)c1. The molecule has 1 heterocycles. The number of nitrogens with one attached hydrogen (secondary N) is 1. The Morgan fingerprint density at radius 2 is 1.70 bits per heavy atom. The molecule has 0 amide bonds. The highest BCUT2D eigenvalue weighted by atomic mass is 16.5. The second-order valence-electron chi connectivity index (χ2n) is 5.72. The first-order chi connectivity index (χ1) is 11.3. The van der Waals surface area contributed by atoms with E-state index < -0.39 is 0 Å².